The Bertz CT molecular complexity index is 390. The topological polar surface area (TPSA) is 44.8 Å². The first kappa shape index (κ1) is 18.5. The molecule has 0 aromatic carbocycles. The highest BCUT2D eigenvalue weighted by atomic mass is 16.6. The quantitative estimate of drug-likeness (QED) is 0.844. The second kappa shape index (κ2) is 7.84. The zero-order valence-electron chi connectivity index (χ0n) is 15.6. The van der Waals surface area contributed by atoms with Crippen molar-refractivity contribution >= 4 is 6.09 Å². The van der Waals surface area contributed by atoms with Gasteiger partial charge in [-0.1, -0.05) is 0 Å². The summed E-state index contributed by atoms with van der Waals surface area (Å²) in [6, 6.07) is 1.90. The molecule has 1 amide bonds. The molecule has 2 unspecified atom stereocenters. The second-order valence-corrected chi connectivity index (χ2v) is 8.25. The molecular weight excluding hydrogens is 290 g/mol. The van der Waals surface area contributed by atoms with Crippen LogP contribution in [0.5, 0.6) is 0 Å². The van der Waals surface area contributed by atoms with Gasteiger partial charge in [0.15, 0.2) is 0 Å². The van der Waals surface area contributed by atoms with Crippen LogP contribution in [0.1, 0.15) is 59.8 Å². The van der Waals surface area contributed by atoms with Crippen LogP contribution >= 0.6 is 0 Å². The van der Waals surface area contributed by atoms with Crippen LogP contribution in [0.2, 0.25) is 0 Å². The molecule has 1 N–H and O–H groups in total. The summed E-state index contributed by atoms with van der Waals surface area (Å²) in [5.41, 5.74) is -0.413. The van der Waals surface area contributed by atoms with Gasteiger partial charge >= 0.3 is 6.09 Å². The maximum atomic E-state index is 12.2. The molecule has 1 heterocycles. The van der Waals surface area contributed by atoms with Gasteiger partial charge in [-0.15, -0.1) is 0 Å². The molecule has 2 fully saturated rings. The number of carbonyl (C=O) groups is 1. The summed E-state index contributed by atoms with van der Waals surface area (Å²) in [6.07, 6.45) is 5.74. The summed E-state index contributed by atoms with van der Waals surface area (Å²) in [4.78, 5) is 16.6. The molecule has 0 radical (unpaired) electrons. The van der Waals surface area contributed by atoms with Crippen LogP contribution in [0.25, 0.3) is 0 Å². The van der Waals surface area contributed by atoms with E-state index in [1.807, 2.05) is 25.7 Å². The average Bonchev–Trinajstić information content (AvgIpc) is 3.28. The number of hydrogen-bond acceptors (Lipinski definition) is 4. The second-order valence-electron chi connectivity index (χ2n) is 8.25. The highest BCUT2D eigenvalue weighted by Gasteiger charge is 2.29. The molecule has 1 aliphatic heterocycles. The molecule has 134 valence electrons. The summed E-state index contributed by atoms with van der Waals surface area (Å²) in [5, 5.41) is 3.71. The van der Waals surface area contributed by atoms with E-state index < -0.39 is 5.60 Å². The van der Waals surface area contributed by atoms with E-state index in [1.165, 1.54) is 12.8 Å². The highest BCUT2D eigenvalue weighted by molar-refractivity contribution is 5.68. The molecule has 2 atom stereocenters. The molecule has 1 aliphatic carbocycles. The summed E-state index contributed by atoms with van der Waals surface area (Å²) >= 11 is 0. The van der Waals surface area contributed by atoms with E-state index in [2.05, 4.69) is 24.2 Å². The van der Waals surface area contributed by atoms with E-state index >= 15 is 0 Å². The summed E-state index contributed by atoms with van der Waals surface area (Å²) in [5.74, 6) is 0. The van der Waals surface area contributed by atoms with Gasteiger partial charge in [-0.2, -0.15) is 0 Å². The van der Waals surface area contributed by atoms with Gasteiger partial charge in [0, 0.05) is 37.8 Å². The normalized spacial score (nSPS) is 24.4. The van der Waals surface area contributed by atoms with Crippen LogP contribution in [0.3, 0.4) is 0 Å². The van der Waals surface area contributed by atoms with E-state index in [9.17, 15) is 4.79 Å². The number of likely N-dealkylation sites (N-methyl/N-ethyl adjacent to an activating group) is 1. The zero-order chi connectivity index (χ0) is 17.0. The fourth-order valence-electron chi connectivity index (χ4n) is 3.13. The number of ether oxygens (including phenoxy) is 1. The van der Waals surface area contributed by atoms with E-state index in [-0.39, 0.29) is 6.09 Å². The van der Waals surface area contributed by atoms with Crippen molar-refractivity contribution in [3.8, 4) is 0 Å². The first-order chi connectivity index (χ1) is 10.8. The van der Waals surface area contributed by atoms with E-state index in [4.69, 9.17) is 4.74 Å². The fourth-order valence-corrected chi connectivity index (χ4v) is 3.13. The SMILES string of the molecule is CC(CNC1CCCN(C(=O)OC(C)(C)C)CC1)N(C)C1CC1. The molecule has 5 nitrogen and oxygen atoms in total. The Morgan fingerprint density at radius 1 is 1.26 bits per heavy atom. The zero-order valence-corrected chi connectivity index (χ0v) is 15.6. The van der Waals surface area contributed by atoms with Crippen LogP contribution < -0.4 is 5.32 Å². The minimum Gasteiger partial charge on any atom is -0.444 e. The largest absolute Gasteiger partial charge is 0.444 e. The van der Waals surface area contributed by atoms with E-state index in [0.717, 1.165) is 44.9 Å². The molecule has 0 spiro atoms. The van der Waals surface area contributed by atoms with Crippen molar-refractivity contribution in [1.82, 2.24) is 15.1 Å². The smallest absolute Gasteiger partial charge is 0.410 e. The van der Waals surface area contributed by atoms with Gasteiger partial charge in [0.25, 0.3) is 0 Å². The van der Waals surface area contributed by atoms with Gasteiger partial charge < -0.3 is 15.0 Å². The predicted molar refractivity (Wildman–Crippen MR) is 93.7 cm³/mol. The Kier molecular flexibility index (Phi) is 6.32. The van der Waals surface area contributed by atoms with Gasteiger partial charge in [0.2, 0.25) is 0 Å². The number of nitrogens with zero attached hydrogens (tertiary/aromatic N) is 2. The number of hydrogen-bond donors (Lipinski definition) is 1. The van der Waals surface area contributed by atoms with Crippen LogP contribution in [0, 0.1) is 0 Å². The van der Waals surface area contributed by atoms with Crippen LogP contribution in [-0.4, -0.2) is 66.3 Å². The van der Waals surface area contributed by atoms with Crippen molar-refractivity contribution in [2.24, 2.45) is 0 Å². The molecule has 0 aromatic heterocycles. The van der Waals surface area contributed by atoms with Gasteiger partial charge in [0.05, 0.1) is 0 Å². The molecule has 1 saturated carbocycles. The maximum Gasteiger partial charge on any atom is 0.410 e. The Morgan fingerprint density at radius 2 is 1.96 bits per heavy atom. The van der Waals surface area contributed by atoms with Crippen molar-refractivity contribution in [2.45, 2.75) is 83.5 Å². The lowest BCUT2D eigenvalue weighted by Crippen LogP contribution is -2.43. The molecule has 23 heavy (non-hydrogen) atoms. The maximum absolute atomic E-state index is 12.2. The Morgan fingerprint density at radius 3 is 2.57 bits per heavy atom. The number of likely N-dealkylation sites (tertiary alicyclic amines) is 1. The monoisotopic (exact) mass is 325 g/mol. The molecule has 5 heteroatoms. The van der Waals surface area contributed by atoms with Crippen molar-refractivity contribution in [3.05, 3.63) is 0 Å². The standard InChI is InChI=1S/C18H35N3O2/c1-14(20(5)16-8-9-16)13-19-15-7-6-11-21(12-10-15)17(22)23-18(2,3)4/h14-16,19H,6-13H2,1-5H3. The van der Waals surface area contributed by atoms with Crippen molar-refractivity contribution in [3.63, 3.8) is 0 Å². The third-order valence-corrected chi connectivity index (χ3v) is 4.90. The summed E-state index contributed by atoms with van der Waals surface area (Å²) in [7, 11) is 2.24. The van der Waals surface area contributed by atoms with Gasteiger partial charge in [0.1, 0.15) is 5.60 Å². The van der Waals surface area contributed by atoms with E-state index in [0.29, 0.717) is 12.1 Å². The summed E-state index contributed by atoms with van der Waals surface area (Å²) in [6.45, 7) is 10.7. The van der Waals surface area contributed by atoms with Crippen LogP contribution in [0.15, 0.2) is 0 Å². The number of nitrogens with one attached hydrogen (secondary N) is 1. The summed E-state index contributed by atoms with van der Waals surface area (Å²) < 4.78 is 5.49. The van der Waals surface area contributed by atoms with Gasteiger partial charge in [-0.25, -0.2) is 4.79 Å². The molecule has 0 bridgehead atoms. The highest BCUT2D eigenvalue weighted by Crippen LogP contribution is 2.26. The minimum atomic E-state index is -0.413. The average molecular weight is 325 g/mol. The lowest BCUT2D eigenvalue weighted by Gasteiger charge is -2.27. The first-order valence-corrected chi connectivity index (χ1v) is 9.19. The van der Waals surface area contributed by atoms with Crippen molar-refractivity contribution in [2.75, 3.05) is 26.7 Å². The van der Waals surface area contributed by atoms with Gasteiger partial charge in [-0.3, -0.25) is 4.90 Å². The minimum absolute atomic E-state index is 0.167. The Labute approximate surface area is 141 Å². The van der Waals surface area contributed by atoms with Crippen molar-refractivity contribution < 1.29 is 9.53 Å². The fraction of sp³-hybridized carbons (Fsp3) is 0.944. The lowest BCUT2D eigenvalue weighted by molar-refractivity contribution is 0.0256. The van der Waals surface area contributed by atoms with E-state index in [1.54, 1.807) is 0 Å². The molecule has 0 aromatic rings. The number of amides is 1. The van der Waals surface area contributed by atoms with Crippen molar-refractivity contribution in [1.29, 1.82) is 0 Å². The molecule has 1 saturated heterocycles. The Hall–Kier alpha value is -0.810. The number of carbonyl (C=O) groups excluding carboxylic acids is 1. The lowest BCUT2D eigenvalue weighted by atomic mass is 10.1. The predicted octanol–water partition coefficient (Wildman–Crippen LogP) is 2.85. The molecular formula is C18H35N3O2. The van der Waals surface area contributed by atoms with Crippen LogP contribution in [0.4, 0.5) is 4.79 Å². The number of rotatable bonds is 5. The van der Waals surface area contributed by atoms with Crippen LogP contribution in [-0.2, 0) is 4.74 Å². The molecule has 2 rings (SSSR count). The first-order valence-electron chi connectivity index (χ1n) is 9.19. The Balaban J connectivity index is 1.71. The third kappa shape index (κ3) is 6.30. The molecule has 2 aliphatic rings. The third-order valence-electron chi connectivity index (χ3n) is 4.90. The van der Waals surface area contributed by atoms with Gasteiger partial charge in [-0.05, 0) is 66.8 Å².